The zero-order chi connectivity index (χ0) is 10.0. The smallest absolute Gasteiger partial charge is 0.340 e. The molecular weight excluding hydrogens is 176 g/mol. The van der Waals surface area contributed by atoms with Crippen LogP contribution in [0.3, 0.4) is 0 Å². The van der Waals surface area contributed by atoms with Gasteiger partial charge in [-0.1, -0.05) is 6.07 Å². The normalized spacial score (nSPS) is 9.54. The average molecular weight is 181 g/mol. The summed E-state index contributed by atoms with van der Waals surface area (Å²) in [4.78, 5) is 21.0. The summed E-state index contributed by atoms with van der Waals surface area (Å²) in [6, 6.07) is 3.29. The minimum absolute atomic E-state index is 0.486. The van der Waals surface area contributed by atoms with Crippen LogP contribution in [0.25, 0.3) is 0 Å². The van der Waals surface area contributed by atoms with Gasteiger partial charge in [-0.25, -0.2) is 9.59 Å². The summed E-state index contributed by atoms with van der Waals surface area (Å²) in [7, 11) is 0. The first kappa shape index (κ1) is 9.05. The molecule has 0 spiro atoms. The van der Waals surface area contributed by atoms with E-state index >= 15 is 0 Å². The maximum atomic E-state index is 10.9. The van der Waals surface area contributed by atoms with Gasteiger partial charge in [-0.05, 0) is 12.1 Å². The van der Waals surface area contributed by atoms with Crippen molar-refractivity contribution in [3.8, 4) is 5.75 Å². The van der Waals surface area contributed by atoms with Crippen molar-refractivity contribution in [1.82, 2.24) is 0 Å². The number of hydrogen-bond acceptors (Lipinski definition) is 2. The Morgan fingerprint density at radius 3 is 2.08 bits per heavy atom. The molecular formula is C8H5O5. The standard InChI is InChI=1S/C8H5O5/c9-5-3-1-2-4(7(10)11)6(5)8(12)13/h1-3H,(H,10,11)(H,12,13). The zero-order valence-electron chi connectivity index (χ0n) is 6.35. The first-order valence-corrected chi connectivity index (χ1v) is 3.30. The lowest BCUT2D eigenvalue weighted by Crippen LogP contribution is -2.07. The molecule has 13 heavy (non-hydrogen) atoms. The molecule has 1 aromatic carbocycles. The minimum atomic E-state index is -1.52. The Balaban J connectivity index is 3.43. The third-order valence-electron chi connectivity index (χ3n) is 1.47. The maximum Gasteiger partial charge on any atom is 0.340 e. The highest BCUT2D eigenvalue weighted by Gasteiger charge is 2.20. The quantitative estimate of drug-likeness (QED) is 0.717. The van der Waals surface area contributed by atoms with Crippen LogP contribution < -0.4 is 0 Å². The van der Waals surface area contributed by atoms with E-state index in [1.807, 2.05) is 0 Å². The van der Waals surface area contributed by atoms with Gasteiger partial charge in [0.1, 0.15) is 5.56 Å². The Hall–Kier alpha value is -2.04. The zero-order valence-corrected chi connectivity index (χ0v) is 6.35. The SMILES string of the molecule is [O]c1cccc(C(=O)O)c1C(=O)O. The van der Waals surface area contributed by atoms with E-state index in [1.165, 1.54) is 6.07 Å². The van der Waals surface area contributed by atoms with Gasteiger partial charge >= 0.3 is 11.9 Å². The molecule has 5 nitrogen and oxygen atoms in total. The summed E-state index contributed by atoms with van der Waals surface area (Å²) in [5, 5.41) is 28.0. The van der Waals surface area contributed by atoms with E-state index in [4.69, 9.17) is 10.2 Å². The molecule has 0 aliphatic rings. The monoisotopic (exact) mass is 181 g/mol. The molecule has 67 valence electrons. The second kappa shape index (κ2) is 3.14. The fraction of sp³-hybridized carbons (Fsp3) is 0. The van der Waals surface area contributed by atoms with Gasteiger partial charge in [-0.2, -0.15) is 0 Å². The number of rotatable bonds is 2. The van der Waals surface area contributed by atoms with Crippen LogP contribution in [0.4, 0.5) is 0 Å². The molecule has 0 fully saturated rings. The Morgan fingerprint density at radius 1 is 1.08 bits per heavy atom. The fourth-order valence-corrected chi connectivity index (χ4v) is 0.930. The van der Waals surface area contributed by atoms with E-state index in [9.17, 15) is 14.7 Å². The molecule has 0 bridgehead atoms. The number of carboxylic acids is 2. The van der Waals surface area contributed by atoms with Crippen molar-refractivity contribution in [3.63, 3.8) is 0 Å². The lowest BCUT2D eigenvalue weighted by atomic mass is 10.1. The summed E-state index contributed by atoms with van der Waals surface area (Å²) < 4.78 is 0. The van der Waals surface area contributed by atoms with Crippen LogP contribution in [0.5, 0.6) is 5.75 Å². The van der Waals surface area contributed by atoms with Crippen LogP contribution in [-0.4, -0.2) is 22.2 Å². The third-order valence-corrected chi connectivity index (χ3v) is 1.47. The van der Waals surface area contributed by atoms with Crippen molar-refractivity contribution in [2.24, 2.45) is 0 Å². The van der Waals surface area contributed by atoms with E-state index in [2.05, 4.69) is 0 Å². The molecule has 0 saturated carbocycles. The molecule has 2 N–H and O–H groups in total. The lowest BCUT2D eigenvalue weighted by molar-refractivity contribution is 0.0646. The van der Waals surface area contributed by atoms with Gasteiger partial charge < -0.3 is 10.2 Å². The molecule has 1 rings (SSSR count). The topological polar surface area (TPSA) is 94.5 Å². The molecule has 1 radical (unpaired) electrons. The Bertz CT molecular complexity index is 369. The molecule has 0 aliphatic carbocycles. The summed E-state index contributed by atoms with van der Waals surface area (Å²) in [6.45, 7) is 0. The van der Waals surface area contributed by atoms with Gasteiger partial charge in [0.2, 0.25) is 0 Å². The number of aromatic carboxylic acids is 2. The van der Waals surface area contributed by atoms with Crippen LogP contribution in [0.15, 0.2) is 18.2 Å². The second-order valence-corrected chi connectivity index (χ2v) is 2.29. The van der Waals surface area contributed by atoms with E-state index in [1.54, 1.807) is 0 Å². The summed E-state index contributed by atoms with van der Waals surface area (Å²) in [5.74, 6) is -3.74. The maximum absolute atomic E-state index is 10.9. The molecule has 0 amide bonds. The number of carbonyl (C=O) groups is 2. The molecule has 0 aliphatic heterocycles. The Kier molecular flexibility index (Phi) is 2.19. The second-order valence-electron chi connectivity index (χ2n) is 2.29. The molecule has 0 aromatic heterocycles. The summed E-state index contributed by atoms with van der Waals surface area (Å²) in [5.41, 5.74) is -1.19. The van der Waals surface area contributed by atoms with Gasteiger partial charge in [0, 0.05) is 0 Å². The van der Waals surface area contributed by atoms with Crippen LogP contribution in [0.2, 0.25) is 0 Å². The van der Waals surface area contributed by atoms with Crippen LogP contribution in [0, 0.1) is 0 Å². The number of hydrogen-bond donors (Lipinski definition) is 2. The van der Waals surface area contributed by atoms with Gasteiger partial charge in [0.05, 0.1) is 5.56 Å². The van der Waals surface area contributed by atoms with Crippen molar-refractivity contribution in [2.45, 2.75) is 0 Å². The highest BCUT2D eigenvalue weighted by Crippen LogP contribution is 2.21. The predicted molar refractivity (Wildman–Crippen MR) is 40.5 cm³/mol. The van der Waals surface area contributed by atoms with E-state index < -0.39 is 28.8 Å². The van der Waals surface area contributed by atoms with Gasteiger partial charge in [0.25, 0.3) is 0 Å². The molecule has 1 aromatic rings. The van der Waals surface area contributed by atoms with Crippen LogP contribution in [-0.2, 0) is 5.11 Å². The van der Waals surface area contributed by atoms with Gasteiger partial charge in [0.15, 0.2) is 5.75 Å². The highest BCUT2D eigenvalue weighted by molar-refractivity contribution is 6.03. The minimum Gasteiger partial charge on any atom is -0.478 e. The largest absolute Gasteiger partial charge is 0.478 e. The van der Waals surface area contributed by atoms with E-state index in [0.29, 0.717) is 0 Å². The predicted octanol–water partition coefficient (Wildman–Crippen LogP) is 1.23. The van der Waals surface area contributed by atoms with Crippen molar-refractivity contribution in [1.29, 1.82) is 0 Å². The lowest BCUT2D eigenvalue weighted by Gasteiger charge is -2.00. The average Bonchev–Trinajstić information content (AvgIpc) is 2.02. The summed E-state index contributed by atoms with van der Waals surface area (Å²) in [6.07, 6.45) is 0. The van der Waals surface area contributed by atoms with Crippen molar-refractivity contribution >= 4 is 11.9 Å². The van der Waals surface area contributed by atoms with Crippen LogP contribution in [0.1, 0.15) is 20.7 Å². The van der Waals surface area contributed by atoms with Crippen molar-refractivity contribution < 1.29 is 24.9 Å². The number of carboxylic acid groups (broad SMARTS) is 2. The third kappa shape index (κ3) is 1.58. The van der Waals surface area contributed by atoms with E-state index in [-0.39, 0.29) is 0 Å². The van der Waals surface area contributed by atoms with Crippen molar-refractivity contribution in [2.75, 3.05) is 0 Å². The highest BCUT2D eigenvalue weighted by atomic mass is 16.4. The fourth-order valence-electron chi connectivity index (χ4n) is 0.930. The molecule has 0 heterocycles. The van der Waals surface area contributed by atoms with Crippen LogP contribution >= 0.6 is 0 Å². The molecule has 5 heteroatoms. The van der Waals surface area contributed by atoms with Gasteiger partial charge in [-0.3, -0.25) is 5.11 Å². The van der Waals surface area contributed by atoms with Gasteiger partial charge in [-0.15, -0.1) is 0 Å². The molecule has 0 unspecified atom stereocenters. The Labute approximate surface area is 72.9 Å². The Morgan fingerprint density at radius 2 is 1.69 bits per heavy atom. The number of benzene rings is 1. The first-order chi connectivity index (χ1) is 6.04. The molecule has 0 saturated heterocycles. The first-order valence-electron chi connectivity index (χ1n) is 3.30. The van der Waals surface area contributed by atoms with E-state index in [0.717, 1.165) is 12.1 Å². The van der Waals surface area contributed by atoms with Crippen molar-refractivity contribution in [3.05, 3.63) is 29.3 Å². The summed E-state index contributed by atoms with van der Waals surface area (Å²) >= 11 is 0. The molecule has 0 atom stereocenters.